The summed E-state index contributed by atoms with van der Waals surface area (Å²) in [6.45, 7) is 1.02. The molecule has 0 aromatic heterocycles. The van der Waals surface area contributed by atoms with Gasteiger partial charge >= 0.3 is 0 Å². The molecule has 2 rings (SSSR count). The van der Waals surface area contributed by atoms with Crippen molar-refractivity contribution in [1.82, 2.24) is 5.32 Å². The van der Waals surface area contributed by atoms with Crippen molar-refractivity contribution in [2.45, 2.75) is 50.5 Å². The van der Waals surface area contributed by atoms with Crippen LogP contribution < -0.4 is 15.8 Å². The molecule has 24 heavy (non-hydrogen) atoms. The van der Waals surface area contributed by atoms with Crippen molar-refractivity contribution in [3.05, 3.63) is 28.8 Å². The van der Waals surface area contributed by atoms with Gasteiger partial charge in [-0.05, 0) is 44.0 Å². The molecule has 134 valence electrons. The van der Waals surface area contributed by atoms with Gasteiger partial charge < -0.3 is 20.9 Å². The van der Waals surface area contributed by atoms with Crippen molar-refractivity contribution in [3.8, 4) is 5.75 Å². The second kappa shape index (κ2) is 9.25. The topological polar surface area (TPSA) is 84.6 Å². The molecule has 0 atom stereocenters. The third-order valence-electron chi connectivity index (χ3n) is 4.54. The number of ether oxygens (including phenoxy) is 1. The van der Waals surface area contributed by atoms with Crippen molar-refractivity contribution in [2.24, 2.45) is 5.73 Å². The van der Waals surface area contributed by atoms with Crippen LogP contribution >= 0.6 is 11.6 Å². The van der Waals surface area contributed by atoms with Gasteiger partial charge in [0.05, 0.1) is 23.8 Å². The van der Waals surface area contributed by atoms with Gasteiger partial charge in [-0.1, -0.05) is 37.3 Å². The second-order valence-electron chi connectivity index (χ2n) is 6.44. The Balaban J connectivity index is 2.04. The van der Waals surface area contributed by atoms with Crippen LogP contribution in [0, 0.1) is 0 Å². The van der Waals surface area contributed by atoms with Crippen LogP contribution in [-0.4, -0.2) is 36.3 Å². The molecule has 0 spiro atoms. The fraction of sp³-hybridized carbons (Fsp3) is 0.611. The van der Waals surface area contributed by atoms with Crippen LogP contribution in [0.15, 0.2) is 18.2 Å². The monoisotopic (exact) mass is 354 g/mol. The van der Waals surface area contributed by atoms with Gasteiger partial charge in [-0.2, -0.15) is 0 Å². The first kappa shape index (κ1) is 19.0. The second-order valence-corrected chi connectivity index (χ2v) is 6.85. The van der Waals surface area contributed by atoms with E-state index in [1.54, 1.807) is 18.2 Å². The van der Waals surface area contributed by atoms with Crippen molar-refractivity contribution in [3.63, 3.8) is 0 Å². The summed E-state index contributed by atoms with van der Waals surface area (Å²) in [5, 5.41) is 13.2. The number of nitrogens with one attached hydrogen (secondary N) is 1. The lowest BCUT2D eigenvalue weighted by molar-refractivity contribution is 0.0806. The van der Waals surface area contributed by atoms with E-state index in [1.165, 1.54) is 0 Å². The van der Waals surface area contributed by atoms with Gasteiger partial charge in [-0.15, -0.1) is 0 Å². The zero-order valence-corrected chi connectivity index (χ0v) is 14.8. The highest BCUT2D eigenvalue weighted by Gasteiger charge is 2.32. The van der Waals surface area contributed by atoms with Crippen molar-refractivity contribution >= 4 is 17.5 Å². The standard InChI is InChI=1S/C18H27ClN2O3/c19-15-12-14(6-7-16(15)24-11-5-10-20)17(23)21-18(13-22)8-3-1-2-4-9-18/h6-7,12,22H,1-5,8-11,13,20H2,(H,21,23). The first-order valence-corrected chi connectivity index (χ1v) is 9.04. The van der Waals surface area contributed by atoms with E-state index in [0.717, 1.165) is 44.9 Å². The maximum atomic E-state index is 12.6. The Morgan fingerprint density at radius 2 is 2.00 bits per heavy atom. The molecule has 0 bridgehead atoms. The lowest BCUT2D eigenvalue weighted by atomic mass is 9.90. The fourth-order valence-electron chi connectivity index (χ4n) is 3.07. The number of amides is 1. The van der Waals surface area contributed by atoms with Crippen LogP contribution in [-0.2, 0) is 0 Å². The van der Waals surface area contributed by atoms with E-state index in [1.807, 2.05) is 0 Å². The number of halogens is 1. The number of aliphatic hydroxyl groups is 1. The van der Waals surface area contributed by atoms with Gasteiger partial charge in [0.1, 0.15) is 5.75 Å². The molecule has 1 aliphatic rings. The van der Waals surface area contributed by atoms with Gasteiger partial charge in [0.2, 0.25) is 0 Å². The van der Waals surface area contributed by atoms with Gasteiger partial charge in [0, 0.05) is 5.56 Å². The summed E-state index contributed by atoms with van der Waals surface area (Å²) in [6.07, 6.45) is 6.71. The van der Waals surface area contributed by atoms with Gasteiger partial charge in [0.25, 0.3) is 5.91 Å². The highest BCUT2D eigenvalue weighted by atomic mass is 35.5. The lowest BCUT2D eigenvalue weighted by Crippen LogP contribution is -2.51. The summed E-state index contributed by atoms with van der Waals surface area (Å²) in [7, 11) is 0. The van der Waals surface area contributed by atoms with Crippen molar-refractivity contribution in [1.29, 1.82) is 0 Å². The minimum absolute atomic E-state index is 0.0350. The minimum Gasteiger partial charge on any atom is -0.492 e. The largest absolute Gasteiger partial charge is 0.492 e. The van der Waals surface area contributed by atoms with Gasteiger partial charge in [-0.25, -0.2) is 0 Å². The Labute approximate surface area is 148 Å². The molecule has 0 radical (unpaired) electrons. The number of benzene rings is 1. The summed E-state index contributed by atoms with van der Waals surface area (Å²) in [4.78, 5) is 12.6. The fourth-order valence-corrected chi connectivity index (χ4v) is 3.30. The molecule has 1 saturated carbocycles. The molecule has 0 unspecified atom stereocenters. The maximum Gasteiger partial charge on any atom is 0.251 e. The first-order valence-electron chi connectivity index (χ1n) is 8.66. The predicted molar refractivity (Wildman–Crippen MR) is 95.6 cm³/mol. The molecule has 0 heterocycles. The third-order valence-corrected chi connectivity index (χ3v) is 4.84. The highest BCUT2D eigenvalue weighted by Crippen LogP contribution is 2.29. The molecular formula is C18H27ClN2O3. The van der Waals surface area contributed by atoms with Crippen LogP contribution in [0.2, 0.25) is 5.02 Å². The molecule has 4 N–H and O–H groups in total. The van der Waals surface area contributed by atoms with Crippen LogP contribution in [0.3, 0.4) is 0 Å². The molecule has 1 aliphatic carbocycles. The Morgan fingerprint density at radius 1 is 1.29 bits per heavy atom. The Hall–Kier alpha value is -1.30. The Morgan fingerprint density at radius 3 is 2.58 bits per heavy atom. The first-order chi connectivity index (χ1) is 11.6. The number of carbonyl (C=O) groups is 1. The van der Waals surface area contributed by atoms with E-state index in [-0.39, 0.29) is 12.5 Å². The van der Waals surface area contributed by atoms with Crippen molar-refractivity contribution < 1.29 is 14.6 Å². The van der Waals surface area contributed by atoms with Crippen LogP contribution in [0.1, 0.15) is 55.3 Å². The predicted octanol–water partition coefficient (Wildman–Crippen LogP) is 2.88. The smallest absolute Gasteiger partial charge is 0.251 e. The van der Waals surface area contributed by atoms with Crippen LogP contribution in [0.4, 0.5) is 0 Å². The quantitative estimate of drug-likeness (QED) is 0.519. The van der Waals surface area contributed by atoms with Gasteiger partial charge in [-0.3, -0.25) is 4.79 Å². The van der Waals surface area contributed by atoms with Crippen LogP contribution in [0.5, 0.6) is 5.75 Å². The van der Waals surface area contributed by atoms with Crippen LogP contribution in [0.25, 0.3) is 0 Å². The summed E-state index contributed by atoms with van der Waals surface area (Å²) in [5.41, 5.74) is 5.39. The number of nitrogens with two attached hydrogens (primary N) is 1. The molecule has 1 aromatic rings. The Bertz CT molecular complexity index is 543. The zero-order chi connectivity index (χ0) is 17.4. The molecule has 1 fully saturated rings. The molecule has 6 heteroatoms. The average molecular weight is 355 g/mol. The minimum atomic E-state index is -0.518. The molecule has 5 nitrogen and oxygen atoms in total. The van der Waals surface area contributed by atoms with E-state index in [0.29, 0.717) is 29.5 Å². The number of carbonyl (C=O) groups excluding carboxylic acids is 1. The highest BCUT2D eigenvalue weighted by molar-refractivity contribution is 6.32. The average Bonchev–Trinajstić information content (AvgIpc) is 2.82. The number of hydrogen-bond donors (Lipinski definition) is 3. The SMILES string of the molecule is NCCCOc1ccc(C(=O)NC2(CO)CCCCCC2)cc1Cl. The molecule has 1 aromatic carbocycles. The summed E-state index contributed by atoms with van der Waals surface area (Å²) in [6, 6.07) is 5.00. The normalized spacial score (nSPS) is 17.1. The Kier molecular flexibility index (Phi) is 7.34. The van der Waals surface area contributed by atoms with E-state index < -0.39 is 5.54 Å². The summed E-state index contributed by atoms with van der Waals surface area (Å²) in [5.74, 6) is 0.342. The van der Waals surface area contributed by atoms with E-state index in [9.17, 15) is 9.90 Å². The molecular weight excluding hydrogens is 328 g/mol. The number of hydrogen-bond acceptors (Lipinski definition) is 4. The number of rotatable bonds is 7. The lowest BCUT2D eigenvalue weighted by Gasteiger charge is -2.32. The number of aliphatic hydroxyl groups excluding tert-OH is 1. The van der Waals surface area contributed by atoms with Crippen molar-refractivity contribution in [2.75, 3.05) is 19.8 Å². The van der Waals surface area contributed by atoms with E-state index in [2.05, 4.69) is 5.32 Å². The van der Waals surface area contributed by atoms with Gasteiger partial charge in [0.15, 0.2) is 0 Å². The summed E-state index contributed by atoms with van der Waals surface area (Å²) >= 11 is 6.20. The molecule has 0 saturated heterocycles. The van der Waals surface area contributed by atoms with E-state index >= 15 is 0 Å². The maximum absolute atomic E-state index is 12.6. The molecule has 1 amide bonds. The zero-order valence-electron chi connectivity index (χ0n) is 14.0. The third kappa shape index (κ3) is 5.10. The molecule has 0 aliphatic heterocycles. The van der Waals surface area contributed by atoms with E-state index in [4.69, 9.17) is 22.1 Å². The summed E-state index contributed by atoms with van der Waals surface area (Å²) < 4.78 is 5.54.